The molecule has 6 heteroatoms. The SMILES string of the molecule is CCCC(CCNC(=O)c1ccncc1Cl)CCC(=O)O. The Morgan fingerprint density at radius 1 is 1.38 bits per heavy atom. The van der Waals surface area contributed by atoms with E-state index < -0.39 is 5.97 Å². The van der Waals surface area contributed by atoms with Gasteiger partial charge in [-0.15, -0.1) is 0 Å². The van der Waals surface area contributed by atoms with Crippen LogP contribution < -0.4 is 5.32 Å². The number of halogens is 1. The highest BCUT2D eigenvalue weighted by Gasteiger charge is 2.13. The number of aliphatic carboxylic acids is 1. The van der Waals surface area contributed by atoms with E-state index in [0.717, 1.165) is 19.3 Å². The molecule has 0 aliphatic carbocycles. The number of nitrogens with one attached hydrogen (secondary N) is 1. The summed E-state index contributed by atoms with van der Waals surface area (Å²) in [6.07, 6.45) is 6.53. The Morgan fingerprint density at radius 3 is 2.76 bits per heavy atom. The quantitative estimate of drug-likeness (QED) is 0.734. The Bertz CT molecular complexity index is 480. The van der Waals surface area contributed by atoms with Crippen LogP contribution in [0.4, 0.5) is 0 Å². The molecule has 1 aromatic rings. The van der Waals surface area contributed by atoms with Crippen LogP contribution in [-0.2, 0) is 4.79 Å². The normalized spacial score (nSPS) is 11.9. The van der Waals surface area contributed by atoms with Crippen LogP contribution in [0.5, 0.6) is 0 Å². The Balaban J connectivity index is 2.41. The number of carboxylic acid groups (broad SMARTS) is 1. The molecule has 0 aliphatic rings. The van der Waals surface area contributed by atoms with Crippen molar-refractivity contribution in [3.8, 4) is 0 Å². The summed E-state index contributed by atoms with van der Waals surface area (Å²) in [5.74, 6) is -0.682. The summed E-state index contributed by atoms with van der Waals surface area (Å²) in [5.41, 5.74) is 0.407. The molecule has 0 saturated heterocycles. The van der Waals surface area contributed by atoms with Gasteiger partial charge in [0.1, 0.15) is 0 Å². The molecule has 0 radical (unpaired) electrons. The van der Waals surface area contributed by atoms with E-state index in [0.29, 0.717) is 29.5 Å². The molecule has 116 valence electrons. The lowest BCUT2D eigenvalue weighted by molar-refractivity contribution is -0.137. The molecule has 1 atom stereocenters. The Morgan fingerprint density at radius 2 is 2.14 bits per heavy atom. The Kier molecular flexibility index (Phi) is 7.75. The second-order valence-corrected chi connectivity index (χ2v) is 5.39. The molecule has 0 aliphatic heterocycles. The van der Waals surface area contributed by atoms with Crippen molar-refractivity contribution in [1.82, 2.24) is 10.3 Å². The van der Waals surface area contributed by atoms with Crippen LogP contribution in [0.1, 0.15) is 49.4 Å². The van der Waals surface area contributed by atoms with E-state index in [-0.39, 0.29) is 12.3 Å². The van der Waals surface area contributed by atoms with Crippen molar-refractivity contribution in [3.05, 3.63) is 29.0 Å². The van der Waals surface area contributed by atoms with Crippen molar-refractivity contribution in [2.24, 2.45) is 5.92 Å². The molecule has 0 fully saturated rings. The Labute approximate surface area is 129 Å². The molecular weight excluding hydrogens is 292 g/mol. The number of carbonyl (C=O) groups excluding carboxylic acids is 1. The lowest BCUT2D eigenvalue weighted by Gasteiger charge is -2.15. The maximum absolute atomic E-state index is 12.0. The van der Waals surface area contributed by atoms with Crippen molar-refractivity contribution in [2.75, 3.05) is 6.54 Å². The van der Waals surface area contributed by atoms with Gasteiger partial charge in [0.05, 0.1) is 10.6 Å². The van der Waals surface area contributed by atoms with Crippen LogP contribution >= 0.6 is 11.6 Å². The molecule has 1 amide bonds. The van der Waals surface area contributed by atoms with Crippen LogP contribution in [0.15, 0.2) is 18.5 Å². The number of carboxylic acids is 1. The first-order valence-corrected chi connectivity index (χ1v) is 7.51. The number of hydrogen-bond acceptors (Lipinski definition) is 3. The lowest BCUT2D eigenvalue weighted by atomic mass is 9.94. The molecule has 0 aromatic carbocycles. The van der Waals surface area contributed by atoms with E-state index in [4.69, 9.17) is 16.7 Å². The summed E-state index contributed by atoms with van der Waals surface area (Å²) in [6.45, 7) is 2.59. The first-order valence-electron chi connectivity index (χ1n) is 7.14. The van der Waals surface area contributed by atoms with Crippen molar-refractivity contribution in [1.29, 1.82) is 0 Å². The van der Waals surface area contributed by atoms with Crippen molar-refractivity contribution in [2.45, 2.75) is 39.0 Å². The smallest absolute Gasteiger partial charge is 0.303 e. The highest BCUT2D eigenvalue weighted by Crippen LogP contribution is 2.17. The summed E-state index contributed by atoms with van der Waals surface area (Å²) >= 11 is 5.91. The third-order valence-corrected chi connectivity index (χ3v) is 3.62. The maximum Gasteiger partial charge on any atom is 0.303 e. The molecule has 2 N–H and O–H groups in total. The van der Waals surface area contributed by atoms with Gasteiger partial charge in [0.25, 0.3) is 5.91 Å². The Hall–Kier alpha value is -1.62. The fourth-order valence-corrected chi connectivity index (χ4v) is 2.42. The van der Waals surface area contributed by atoms with E-state index in [1.807, 2.05) is 0 Å². The van der Waals surface area contributed by atoms with E-state index >= 15 is 0 Å². The van der Waals surface area contributed by atoms with Crippen molar-refractivity contribution >= 4 is 23.5 Å². The van der Waals surface area contributed by atoms with E-state index in [9.17, 15) is 9.59 Å². The van der Waals surface area contributed by atoms with Gasteiger partial charge >= 0.3 is 5.97 Å². The van der Waals surface area contributed by atoms with Crippen LogP contribution in [0, 0.1) is 5.92 Å². The van der Waals surface area contributed by atoms with E-state index in [2.05, 4.69) is 17.2 Å². The summed E-state index contributed by atoms with van der Waals surface area (Å²) in [5, 5.41) is 11.9. The summed E-state index contributed by atoms with van der Waals surface area (Å²) in [7, 11) is 0. The number of hydrogen-bond donors (Lipinski definition) is 2. The fraction of sp³-hybridized carbons (Fsp3) is 0.533. The topological polar surface area (TPSA) is 79.3 Å². The highest BCUT2D eigenvalue weighted by atomic mass is 35.5. The second-order valence-electron chi connectivity index (χ2n) is 4.99. The summed E-state index contributed by atoms with van der Waals surface area (Å²) in [6, 6.07) is 1.58. The van der Waals surface area contributed by atoms with Crippen LogP contribution in [0.25, 0.3) is 0 Å². The fourth-order valence-electron chi connectivity index (χ4n) is 2.21. The van der Waals surface area contributed by atoms with E-state index in [1.54, 1.807) is 6.07 Å². The number of amides is 1. The molecular formula is C15H21ClN2O3. The van der Waals surface area contributed by atoms with Crippen molar-refractivity contribution in [3.63, 3.8) is 0 Å². The van der Waals surface area contributed by atoms with Crippen molar-refractivity contribution < 1.29 is 14.7 Å². The van der Waals surface area contributed by atoms with Crippen LogP contribution in [-0.4, -0.2) is 28.5 Å². The minimum absolute atomic E-state index is 0.175. The van der Waals surface area contributed by atoms with Gasteiger partial charge in [-0.2, -0.15) is 0 Å². The maximum atomic E-state index is 12.0. The average molecular weight is 313 g/mol. The van der Waals surface area contributed by atoms with Gasteiger partial charge < -0.3 is 10.4 Å². The van der Waals surface area contributed by atoms with Gasteiger partial charge in [-0.1, -0.05) is 31.4 Å². The molecule has 1 heterocycles. The lowest BCUT2D eigenvalue weighted by Crippen LogP contribution is -2.26. The molecule has 1 aromatic heterocycles. The van der Waals surface area contributed by atoms with E-state index in [1.165, 1.54) is 12.4 Å². The molecule has 0 spiro atoms. The first-order chi connectivity index (χ1) is 10.0. The van der Waals surface area contributed by atoms with Gasteiger partial charge in [-0.25, -0.2) is 0 Å². The number of rotatable bonds is 9. The number of nitrogens with zero attached hydrogens (tertiary/aromatic N) is 1. The molecule has 0 saturated carbocycles. The molecule has 5 nitrogen and oxygen atoms in total. The van der Waals surface area contributed by atoms with Gasteiger partial charge in [0, 0.05) is 25.4 Å². The monoisotopic (exact) mass is 312 g/mol. The molecule has 21 heavy (non-hydrogen) atoms. The third-order valence-electron chi connectivity index (χ3n) is 3.32. The van der Waals surface area contributed by atoms with Crippen LogP contribution in [0.3, 0.4) is 0 Å². The number of pyridine rings is 1. The largest absolute Gasteiger partial charge is 0.481 e. The molecule has 1 rings (SSSR count). The summed E-state index contributed by atoms with van der Waals surface area (Å²) < 4.78 is 0. The highest BCUT2D eigenvalue weighted by molar-refractivity contribution is 6.33. The standard InChI is InChI=1S/C15H21ClN2O3/c1-2-3-11(4-5-14(19)20)6-9-18-15(21)12-7-8-17-10-13(12)16/h7-8,10-11H,2-6,9H2,1H3,(H,18,21)(H,19,20). The predicted octanol–water partition coefficient (Wildman–Crippen LogP) is 3.14. The minimum Gasteiger partial charge on any atom is -0.481 e. The number of carbonyl (C=O) groups is 2. The van der Waals surface area contributed by atoms with Gasteiger partial charge in [0.15, 0.2) is 0 Å². The zero-order valence-electron chi connectivity index (χ0n) is 12.1. The number of aromatic nitrogens is 1. The zero-order valence-corrected chi connectivity index (χ0v) is 12.9. The van der Waals surface area contributed by atoms with Gasteiger partial charge in [-0.3, -0.25) is 14.6 Å². The van der Waals surface area contributed by atoms with Gasteiger partial charge in [-0.05, 0) is 24.8 Å². The molecule has 1 unspecified atom stereocenters. The first kappa shape index (κ1) is 17.4. The van der Waals surface area contributed by atoms with Gasteiger partial charge in [0.2, 0.25) is 0 Å². The minimum atomic E-state index is -0.774. The average Bonchev–Trinajstić information content (AvgIpc) is 2.45. The second kappa shape index (κ2) is 9.34. The van der Waals surface area contributed by atoms with Crippen LogP contribution in [0.2, 0.25) is 5.02 Å². The summed E-state index contributed by atoms with van der Waals surface area (Å²) in [4.78, 5) is 26.4. The zero-order chi connectivity index (χ0) is 15.7. The predicted molar refractivity (Wildman–Crippen MR) is 81.5 cm³/mol. The third kappa shape index (κ3) is 6.58. The molecule has 0 bridgehead atoms.